The van der Waals surface area contributed by atoms with E-state index in [1.807, 2.05) is 0 Å². The molecule has 0 fully saturated rings. The van der Waals surface area contributed by atoms with Gasteiger partial charge in [-0.2, -0.15) is 0 Å². The molecule has 0 bridgehead atoms. The number of carbonyl (C=O) groups is 2. The van der Waals surface area contributed by atoms with E-state index < -0.39 is 12.2 Å². The van der Waals surface area contributed by atoms with Gasteiger partial charge in [-0.15, -0.1) is 0 Å². The maximum absolute atomic E-state index is 11.5. The largest absolute Gasteiger partial charge is 0.465 e. The number of hydrogen-bond donors (Lipinski definition) is 3. The number of amides is 1. The van der Waals surface area contributed by atoms with Crippen molar-refractivity contribution in [2.45, 2.75) is 20.0 Å². The third-order valence-corrected chi connectivity index (χ3v) is 1.74. The normalized spacial score (nSPS) is 12.5. The fourth-order valence-electron chi connectivity index (χ4n) is 0.988. The standard InChI is InChI=1S/C9H17NO5/c1-6(2)8(12)7(15-4-3-11)5-10-9(13)14/h6-7,10-11H,3-5H2,1-2H3,(H,13,14). The van der Waals surface area contributed by atoms with Crippen LogP contribution >= 0.6 is 0 Å². The van der Waals surface area contributed by atoms with Gasteiger partial charge in [0.25, 0.3) is 0 Å². The van der Waals surface area contributed by atoms with E-state index in [-0.39, 0.29) is 31.5 Å². The Morgan fingerprint density at radius 1 is 1.40 bits per heavy atom. The van der Waals surface area contributed by atoms with Crippen molar-refractivity contribution < 1.29 is 24.5 Å². The van der Waals surface area contributed by atoms with Crippen molar-refractivity contribution in [3.8, 4) is 0 Å². The van der Waals surface area contributed by atoms with Crippen molar-refractivity contribution in [3.63, 3.8) is 0 Å². The Morgan fingerprint density at radius 2 is 2.00 bits per heavy atom. The van der Waals surface area contributed by atoms with Crippen molar-refractivity contribution in [2.24, 2.45) is 5.92 Å². The number of aliphatic hydroxyl groups is 1. The monoisotopic (exact) mass is 219 g/mol. The van der Waals surface area contributed by atoms with Crippen LogP contribution in [-0.2, 0) is 9.53 Å². The molecule has 6 heteroatoms. The first-order valence-electron chi connectivity index (χ1n) is 4.72. The average molecular weight is 219 g/mol. The van der Waals surface area contributed by atoms with Crippen LogP contribution in [0.3, 0.4) is 0 Å². The van der Waals surface area contributed by atoms with Crippen LogP contribution in [0.4, 0.5) is 4.79 Å². The molecular weight excluding hydrogens is 202 g/mol. The molecule has 0 aromatic carbocycles. The molecule has 0 saturated heterocycles. The second-order valence-corrected chi connectivity index (χ2v) is 3.33. The summed E-state index contributed by atoms with van der Waals surface area (Å²) in [4.78, 5) is 21.8. The van der Waals surface area contributed by atoms with Crippen molar-refractivity contribution >= 4 is 11.9 Å². The number of rotatable bonds is 7. The van der Waals surface area contributed by atoms with Crippen molar-refractivity contribution in [1.82, 2.24) is 5.32 Å². The number of carboxylic acid groups (broad SMARTS) is 1. The van der Waals surface area contributed by atoms with Crippen molar-refractivity contribution in [3.05, 3.63) is 0 Å². The molecule has 0 aromatic heterocycles. The van der Waals surface area contributed by atoms with E-state index in [9.17, 15) is 9.59 Å². The molecule has 0 spiro atoms. The summed E-state index contributed by atoms with van der Waals surface area (Å²) in [6, 6.07) is 0. The second kappa shape index (κ2) is 7.19. The lowest BCUT2D eigenvalue weighted by Crippen LogP contribution is -2.40. The van der Waals surface area contributed by atoms with Gasteiger partial charge in [-0.3, -0.25) is 4.79 Å². The van der Waals surface area contributed by atoms with Crippen LogP contribution in [-0.4, -0.2) is 48.0 Å². The zero-order valence-corrected chi connectivity index (χ0v) is 8.90. The molecule has 0 radical (unpaired) electrons. The van der Waals surface area contributed by atoms with Crippen LogP contribution < -0.4 is 5.32 Å². The summed E-state index contributed by atoms with van der Waals surface area (Å²) in [6.45, 7) is 3.14. The number of carbonyl (C=O) groups excluding carboxylic acids is 1. The fourth-order valence-corrected chi connectivity index (χ4v) is 0.988. The van der Waals surface area contributed by atoms with E-state index >= 15 is 0 Å². The molecule has 6 nitrogen and oxygen atoms in total. The van der Waals surface area contributed by atoms with Gasteiger partial charge in [0.1, 0.15) is 6.10 Å². The van der Waals surface area contributed by atoms with Gasteiger partial charge in [-0.25, -0.2) is 4.79 Å². The Labute approximate surface area is 88.2 Å². The van der Waals surface area contributed by atoms with Gasteiger partial charge in [-0.1, -0.05) is 13.8 Å². The fraction of sp³-hybridized carbons (Fsp3) is 0.778. The number of nitrogens with one attached hydrogen (secondary N) is 1. The predicted octanol–water partition coefficient (Wildman–Crippen LogP) is -0.143. The topological polar surface area (TPSA) is 95.9 Å². The summed E-state index contributed by atoms with van der Waals surface area (Å²) in [5.74, 6) is -0.415. The summed E-state index contributed by atoms with van der Waals surface area (Å²) < 4.78 is 5.04. The summed E-state index contributed by atoms with van der Waals surface area (Å²) in [7, 11) is 0. The van der Waals surface area contributed by atoms with Gasteiger partial charge in [0.05, 0.1) is 19.8 Å². The smallest absolute Gasteiger partial charge is 0.404 e. The molecule has 1 amide bonds. The molecule has 0 saturated carbocycles. The minimum absolute atomic E-state index is 0.0183. The summed E-state index contributed by atoms with van der Waals surface area (Å²) in [6.07, 6.45) is -2.03. The SMILES string of the molecule is CC(C)C(=O)C(CNC(=O)O)OCCO. The highest BCUT2D eigenvalue weighted by molar-refractivity contribution is 5.85. The molecule has 0 aromatic rings. The molecule has 1 atom stereocenters. The third kappa shape index (κ3) is 6.03. The maximum Gasteiger partial charge on any atom is 0.404 e. The lowest BCUT2D eigenvalue weighted by Gasteiger charge is -2.17. The van der Waals surface area contributed by atoms with Crippen LogP contribution in [0.15, 0.2) is 0 Å². The van der Waals surface area contributed by atoms with E-state index in [0.717, 1.165) is 0 Å². The van der Waals surface area contributed by atoms with Crippen LogP contribution in [0.1, 0.15) is 13.8 Å². The van der Waals surface area contributed by atoms with Crippen molar-refractivity contribution in [2.75, 3.05) is 19.8 Å². The number of ether oxygens (including phenoxy) is 1. The van der Waals surface area contributed by atoms with E-state index in [1.54, 1.807) is 13.8 Å². The summed E-state index contributed by atoms with van der Waals surface area (Å²) >= 11 is 0. The third-order valence-electron chi connectivity index (χ3n) is 1.74. The lowest BCUT2D eigenvalue weighted by atomic mass is 10.0. The molecule has 0 aliphatic carbocycles. The highest BCUT2D eigenvalue weighted by Gasteiger charge is 2.22. The molecular formula is C9H17NO5. The van der Waals surface area contributed by atoms with E-state index in [1.165, 1.54) is 0 Å². The van der Waals surface area contributed by atoms with Gasteiger partial charge < -0.3 is 20.3 Å². The number of ketones is 1. The highest BCUT2D eigenvalue weighted by Crippen LogP contribution is 2.03. The van der Waals surface area contributed by atoms with Gasteiger partial charge in [0.15, 0.2) is 5.78 Å². The van der Waals surface area contributed by atoms with E-state index in [2.05, 4.69) is 5.32 Å². The number of hydrogen-bond acceptors (Lipinski definition) is 4. The first kappa shape index (κ1) is 13.9. The molecule has 0 heterocycles. The van der Waals surface area contributed by atoms with Crippen LogP contribution in [0.25, 0.3) is 0 Å². The van der Waals surface area contributed by atoms with E-state index in [0.29, 0.717) is 0 Å². The Morgan fingerprint density at radius 3 is 2.40 bits per heavy atom. The van der Waals surface area contributed by atoms with Crippen LogP contribution in [0.2, 0.25) is 0 Å². The Balaban J connectivity index is 4.17. The summed E-state index contributed by atoms with van der Waals surface area (Å²) in [5, 5.41) is 19.0. The molecule has 0 aliphatic heterocycles. The predicted molar refractivity (Wildman–Crippen MR) is 52.7 cm³/mol. The highest BCUT2D eigenvalue weighted by atomic mass is 16.5. The first-order chi connectivity index (χ1) is 6.99. The Hall–Kier alpha value is -1.14. The first-order valence-corrected chi connectivity index (χ1v) is 4.72. The zero-order valence-electron chi connectivity index (χ0n) is 8.90. The zero-order chi connectivity index (χ0) is 11.8. The minimum Gasteiger partial charge on any atom is -0.465 e. The maximum atomic E-state index is 11.5. The van der Waals surface area contributed by atoms with Crippen LogP contribution in [0.5, 0.6) is 0 Å². The van der Waals surface area contributed by atoms with Crippen LogP contribution in [0, 0.1) is 5.92 Å². The molecule has 88 valence electrons. The van der Waals surface area contributed by atoms with Gasteiger partial charge >= 0.3 is 6.09 Å². The minimum atomic E-state index is -1.20. The molecule has 0 rings (SSSR count). The summed E-state index contributed by atoms with van der Waals surface area (Å²) in [5.41, 5.74) is 0. The van der Waals surface area contributed by atoms with Crippen molar-refractivity contribution in [1.29, 1.82) is 0 Å². The average Bonchev–Trinajstić information content (AvgIpc) is 2.16. The van der Waals surface area contributed by atoms with Gasteiger partial charge in [-0.05, 0) is 0 Å². The lowest BCUT2D eigenvalue weighted by molar-refractivity contribution is -0.133. The molecule has 0 aliphatic rings. The van der Waals surface area contributed by atoms with E-state index in [4.69, 9.17) is 14.9 Å². The number of aliphatic hydroxyl groups excluding tert-OH is 1. The Kier molecular flexibility index (Phi) is 6.64. The molecule has 15 heavy (non-hydrogen) atoms. The number of Topliss-reactive ketones (excluding diaryl/α,β-unsaturated/α-hetero) is 1. The second-order valence-electron chi connectivity index (χ2n) is 3.33. The molecule has 1 unspecified atom stereocenters. The molecule has 3 N–H and O–H groups in total. The van der Waals surface area contributed by atoms with Gasteiger partial charge in [0.2, 0.25) is 0 Å². The quantitative estimate of drug-likeness (QED) is 0.553. The van der Waals surface area contributed by atoms with Gasteiger partial charge in [0, 0.05) is 5.92 Å². The Bertz CT molecular complexity index is 217.